The van der Waals surface area contributed by atoms with Crippen molar-refractivity contribution in [3.05, 3.63) is 60.1 Å². The zero-order valence-corrected chi connectivity index (χ0v) is 15.0. The van der Waals surface area contributed by atoms with Gasteiger partial charge in [-0.2, -0.15) is 0 Å². The SMILES string of the molecule is C[C@H](NC(=O)c1ccco1)C(=O)NC1CCN(Cc2ccccc2)CC1. The van der Waals surface area contributed by atoms with E-state index in [-0.39, 0.29) is 23.6 Å². The van der Waals surface area contributed by atoms with Gasteiger partial charge >= 0.3 is 0 Å². The molecule has 1 saturated heterocycles. The minimum atomic E-state index is -0.602. The highest BCUT2D eigenvalue weighted by Crippen LogP contribution is 2.14. The van der Waals surface area contributed by atoms with Crippen molar-refractivity contribution in [1.82, 2.24) is 15.5 Å². The highest BCUT2D eigenvalue weighted by Gasteiger charge is 2.24. The number of likely N-dealkylation sites (tertiary alicyclic amines) is 1. The van der Waals surface area contributed by atoms with E-state index in [0.717, 1.165) is 32.5 Å². The predicted octanol–water partition coefficient (Wildman–Crippen LogP) is 2.18. The Morgan fingerprint density at radius 1 is 1.15 bits per heavy atom. The maximum absolute atomic E-state index is 12.3. The van der Waals surface area contributed by atoms with Crippen LogP contribution in [0.2, 0.25) is 0 Å². The minimum absolute atomic E-state index is 0.150. The van der Waals surface area contributed by atoms with Gasteiger partial charge in [0.15, 0.2) is 5.76 Å². The Morgan fingerprint density at radius 2 is 1.88 bits per heavy atom. The number of nitrogens with zero attached hydrogens (tertiary/aromatic N) is 1. The highest BCUT2D eigenvalue weighted by atomic mass is 16.3. The number of hydrogen-bond donors (Lipinski definition) is 2. The van der Waals surface area contributed by atoms with E-state index < -0.39 is 6.04 Å². The molecule has 2 aromatic rings. The van der Waals surface area contributed by atoms with Crippen LogP contribution in [0, 0.1) is 0 Å². The first kappa shape index (κ1) is 18.2. The molecule has 1 aliphatic heterocycles. The minimum Gasteiger partial charge on any atom is -0.459 e. The third kappa shape index (κ3) is 4.95. The van der Waals surface area contributed by atoms with E-state index in [0.29, 0.717) is 0 Å². The molecule has 2 N–H and O–H groups in total. The largest absolute Gasteiger partial charge is 0.459 e. The first-order valence-corrected chi connectivity index (χ1v) is 9.03. The number of benzene rings is 1. The van der Waals surface area contributed by atoms with Crippen LogP contribution in [0.4, 0.5) is 0 Å². The molecule has 2 amide bonds. The second-order valence-electron chi connectivity index (χ2n) is 6.72. The average Bonchev–Trinajstić information content (AvgIpc) is 3.19. The number of carbonyl (C=O) groups excluding carboxylic acids is 2. The van der Waals surface area contributed by atoms with E-state index in [1.54, 1.807) is 19.1 Å². The lowest BCUT2D eigenvalue weighted by Crippen LogP contribution is -2.50. The third-order valence-electron chi connectivity index (χ3n) is 4.67. The molecule has 138 valence electrons. The molecular formula is C20H25N3O3. The zero-order chi connectivity index (χ0) is 18.4. The normalized spacial score (nSPS) is 16.8. The van der Waals surface area contributed by atoms with E-state index in [2.05, 4.69) is 39.8 Å². The van der Waals surface area contributed by atoms with Gasteiger partial charge in [-0.25, -0.2) is 0 Å². The van der Waals surface area contributed by atoms with E-state index in [4.69, 9.17) is 4.42 Å². The van der Waals surface area contributed by atoms with E-state index >= 15 is 0 Å². The molecule has 0 spiro atoms. The Labute approximate surface area is 153 Å². The highest BCUT2D eigenvalue weighted by molar-refractivity contribution is 5.95. The summed E-state index contributed by atoms with van der Waals surface area (Å²) in [6.45, 7) is 4.53. The van der Waals surface area contributed by atoms with Crippen LogP contribution < -0.4 is 10.6 Å². The molecule has 2 heterocycles. The van der Waals surface area contributed by atoms with Crippen molar-refractivity contribution in [3.8, 4) is 0 Å². The number of nitrogens with one attached hydrogen (secondary N) is 2. The van der Waals surface area contributed by atoms with Gasteiger partial charge < -0.3 is 15.1 Å². The number of carbonyl (C=O) groups is 2. The van der Waals surface area contributed by atoms with Gasteiger partial charge in [-0.3, -0.25) is 14.5 Å². The summed E-state index contributed by atoms with van der Waals surface area (Å²) in [5.74, 6) is -0.333. The number of amides is 2. The van der Waals surface area contributed by atoms with Crippen molar-refractivity contribution in [2.75, 3.05) is 13.1 Å². The lowest BCUT2D eigenvalue weighted by molar-refractivity contribution is -0.123. The van der Waals surface area contributed by atoms with Crippen molar-refractivity contribution >= 4 is 11.8 Å². The Balaban J connectivity index is 1.40. The van der Waals surface area contributed by atoms with Gasteiger partial charge in [0, 0.05) is 25.7 Å². The third-order valence-corrected chi connectivity index (χ3v) is 4.67. The maximum Gasteiger partial charge on any atom is 0.287 e. The Bertz CT molecular complexity index is 707. The van der Waals surface area contributed by atoms with Crippen LogP contribution in [-0.2, 0) is 11.3 Å². The molecule has 0 unspecified atom stereocenters. The van der Waals surface area contributed by atoms with Gasteiger partial charge in [0.05, 0.1) is 6.26 Å². The fraction of sp³-hybridized carbons (Fsp3) is 0.400. The number of hydrogen-bond acceptors (Lipinski definition) is 4. The van der Waals surface area contributed by atoms with Gasteiger partial charge in [-0.05, 0) is 37.5 Å². The summed E-state index contributed by atoms with van der Waals surface area (Å²) in [6, 6.07) is 13.2. The van der Waals surface area contributed by atoms with Crippen molar-refractivity contribution in [1.29, 1.82) is 0 Å². The van der Waals surface area contributed by atoms with Gasteiger partial charge in [-0.1, -0.05) is 30.3 Å². The molecule has 1 aromatic heterocycles. The molecule has 0 saturated carbocycles. The standard InChI is InChI=1S/C20H25N3O3/c1-15(21-20(25)18-8-5-13-26-18)19(24)22-17-9-11-23(12-10-17)14-16-6-3-2-4-7-16/h2-8,13,15,17H,9-12,14H2,1H3,(H,21,25)(H,22,24)/t15-/m0/s1. The van der Waals surface area contributed by atoms with Crippen molar-refractivity contribution in [3.63, 3.8) is 0 Å². The lowest BCUT2D eigenvalue weighted by Gasteiger charge is -2.32. The number of piperidine rings is 1. The Morgan fingerprint density at radius 3 is 2.54 bits per heavy atom. The van der Waals surface area contributed by atoms with Gasteiger partial charge in [0.2, 0.25) is 5.91 Å². The summed E-state index contributed by atoms with van der Waals surface area (Å²) >= 11 is 0. The van der Waals surface area contributed by atoms with Crippen LogP contribution in [-0.4, -0.2) is 41.9 Å². The first-order chi connectivity index (χ1) is 12.6. The van der Waals surface area contributed by atoms with Crippen LogP contribution in [0.25, 0.3) is 0 Å². The summed E-state index contributed by atoms with van der Waals surface area (Å²) in [7, 11) is 0. The van der Waals surface area contributed by atoms with Gasteiger partial charge in [-0.15, -0.1) is 0 Å². The summed E-state index contributed by atoms with van der Waals surface area (Å²) in [5, 5.41) is 5.70. The molecule has 1 fully saturated rings. The predicted molar refractivity (Wildman–Crippen MR) is 98.5 cm³/mol. The molecule has 1 atom stereocenters. The fourth-order valence-corrected chi connectivity index (χ4v) is 3.14. The fourth-order valence-electron chi connectivity index (χ4n) is 3.14. The zero-order valence-electron chi connectivity index (χ0n) is 15.0. The molecule has 6 heteroatoms. The average molecular weight is 355 g/mol. The quantitative estimate of drug-likeness (QED) is 0.833. The number of rotatable bonds is 6. The Kier molecular flexibility index (Phi) is 6.07. The van der Waals surface area contributed by atoms with Crippen LogP contribution >= 0.6 is 0 Å². The van der Waals surface area contributed by atoms with Crippen LogP contribution in [0.3, 0.4) is 0 Å². The van der Waals surface area contributed by atoms with Crippen LogP contribution in [0.5, 0.6) is 0 Å². The lowest BCUT2D eigenvalue weighted by atomic mass is 10.0. The topological polar surface area (TPSA) is 74.6 Å². The van der Waals surface area contributed by atoms with Gasteiger partial charge in [0.1, 0.15) is 6.04 Å². The van der Waals surface area contributed by atoms with Crippen molar-refractivity contribution in [2.24, 2.45) is 0 Å². The summed E-state index contributed by atoms with van der Waals surface area (Å²) < 4.78 is 5.04. The molecule has 6 nitrogen and oxygen atoms in total. The molecule has 0 aliphatic carbocycles. The van der Waals surface area contributed by atoms with E-state index in [9.17, 15) is 9.59 Å². The molecule has 1 aliphatic rings. The molecule has 0 bridgehead atoms. The molecule has 0 radical (unpaired) electrons. The maximum atomic E-state index is 12.3. The van der Waals surface area contributed by atoms with Crippen LogP contribution in [0.1, 0.15) is 35.9 Å². The van der Waals surface area contributed by atoms with E-state index in [1.165, 1.54) is 11.8 Å². The second-order valence-corrected chi connectivity index (χ2v) is 6.72. The van der Waals surface area contributed by atoms with E-state index in [1.807, 2.05) is 6.07 Å². The monoisotopic (exact) mass is 355 g/mol. The Hall–Kier alpha value is -2.60. The molecule has 26 heavy (non-hydrogen) atoms. The first-order valence-electron chi connectivity index (χ1n) is 9.03. The molecular weight excluding hydrogens is 330 g/mol. The van der Waals surface area contributed by atoms with Crippen LogP contribution in [0.15, 0.2) is 53.1 Å². The number of furan rings is 1. The smallest absolute Gasteiger partial charge is 0.287 e. The molecule has 3 rings (SSSR count). The summed E-state index contributed by atoms with van der Waals surface area (Å²) in [4.78, 5) is 26.7. The van der Waals surface area contributed by atoms with Gasteiger partial charge in [0.25, 0.3) is 5.91 Å². The second kappa shape index (κ2) is 8.67. The van der Waals surface area contributed by atoms with Crippen molar-refractivity contribution in [2.45, 2.75) is 38.4 Å². The molecule has 1 aromatic carbocycles. The van der Waals surface area contributed by atoms with Crippen molar-refractivity contribution < 1.29 is 14.0 Å². The summed E-state index contributed by atoms with van der Waals surface area (Å²) in [6.07, 6.45) is 3.26. The summed E-state index contributed by atoms with van der Waals surface area (Å²) in [5.41, 5.74) is 1.31.